The predicted octanol–water partition coefficient (Wildman–Crippen LogP) is 1.91. The first kappa shape index (κ1) is 20.0. The molecule has 0 aliphatic heterocycles. The average Bonchev–Trinajstić information content (AvgIpc) is 3.21. The number of hydrogen-bond donors (Lipinski definition) is 2. The molecule has 0 bridgehead atoms. The largest absolute Gasteiger partial charge is 0.360 e. The third-order valence-corrected chi connectivity index (χ3v) is 4.18. The summed E-state index contributed by atoms with van der Waals surface area (Å²) in [5.41, 5.74) is 0. The van der Waals surface area contributed by atoms with E-state index in [4.69, 9.17) is 9.05 Å². The number of hydrogen-bond acceptors (Lipinski definition) is 8. The Morgan fingerprint density at radius 2 is 1.96 bits per heavy atom. The molecule has 0 atom stereocenters. The van der Waals surface area contributed by atoms with Gasteiger partial charge in [0.2, 0.25) is 17.7 Å². The maximum atomic E-state index is 11.7. The van der Waals surface area contributed by atoms with Crippen LogP contribution in [0.5, 0.6) is 0 Å². The molecule has 2 aromatic heterocycles. The Bertz CT molecular complexity index is 728. The molecule has 2 aromatic rings. The Morgan fingerprint density at radius 3 is 2.62 bits per heavy atom. The SMILES string of the molecule is Cc1cc(NC(=O)CSCC(=O)NCCCc2nc(C(C)C)no2)no1. The van der Waals surface area contributed by atoms with Crippen molar-refractivity contribution in [3.8, 4) is 0 Å². The van der Waals surface area contributed by atoms with Gasteiger partial charge >= 0.3 is 0 Å². The molecule has 2 heterocycles. The summed E-state index contributed by atoms with van der Waals surface area (Å²) in [4.78, 5) is 27.7. The third-order valence-electron chi connectivity index (χ3n) is 3.25. The monoisotopic (exact) mass is 381 g/mol. The number of aryl methyl sites for hydroxylation is 2. The van der Waals surface area contributed by atoms with Crippen LogP contribution in [0.2, 0.25) is 0 Å². The molecule has 0 aliphatic carbocycles. The van der Waals surface area contributed by atoms with Crippen molar-refractivity contribution in [2.45, 2.75) is 39.5 Å². The van der Waals surface area contributed by atoms with Gasteiger partial charge in [0.05, 0.1) is 11.5 Å². The first-order valence-electron chi connectivity index (χ1n) is 8.34. The summed E-state index contributed by atoms with van der Waals surface area (Å²) in [6.07, 6.45) is 1.33. The number of nitrogens with zero attached hydrogens (tertiary/aromatic N) is 3. The van der Waals surface area contributed by atoms with Crippen LogP contribution >= 0.6 is 11.8 Å². The van der Waals surface area contributed by atoms with Crippen LogP contribution in [0, 0.1) is 6.92 Å². The molecule has 2 amide bonds. The van der Waals surface area contributed by atoms with Gasteiger partial charge in [-0.1, -0.05) is 24.2 Å². The second kappa shape index (κ2) is 9.95. The number of nitrogens with one attached hydrogen (secondary N) is 2. The van der Waals surface area contributed by atoms with Gasteiger partial charge in [0.15, 0.2) is 11.6 Å². The van der Waals surface area contributed by atoms with E-state index in [1.807, 2.05) is 13.8 Å². The van der Waals surface area contributed by atoms with Crippen molar-refractivity contribution in [1.82, 2.24) is 20.6 Å². The van der Waals surface area contributed by atoms with Crippen LogP contribution < -0.4 is 10.6 Å². The summed E-state index contributed by atoms with van der Waals surface area (Å²) in [5, 5.41) is 13.0. The highest BCUT2D eigenvalue weighted by atomic mass is 32.2. The minimum Gasteiger partial charge on any atom is -0.360 e. The lowest BCUT2D eigenvalue weighted by atomic mass is 10.2. The van der Waals surface area contributed by atoms with Gasteiger partial charge in [0.25, 0.3) is 0 Å². The van der Waals surface area contributed by atoms with E-state index < -0.39 is 0 Å². The first-order valence-corrected chi connectivity index (χ1v) is 9.49. The molecule has 9 nitrogen and oxygen atoms in total. The highest BCUT2D eigenvalue weighted by Gasteiger charge is 2.10. The maximum absolute atomic E-state index is 11.7. The summed E-state index contributed by atoms with van der Waals surface area (Å²) in [6.45, 7) is 6.26. The van der Waals surface area contributed by atoms with Gasteiger partial charge in [-0.2, -0.15) is 4.98 Å². The molecule has 142 valence electrons. The van der Waals surface area contributed by atoms with Gasteiger partial charge in [0, 0.05) is 24.9 Å². The fourth-order valence-corrected chi connectivity index (χ4v) is 2.61. The molecular formula is C16H23N5O4S. The molecule has 2 rings (SSSR count). The summed E-state index contributed by atoms with van der Waals surface area (Å²) in [6, 6.07) is 1.63. The molecule has 0 aromatic carbocycles. The van der Waals surface area contributed by atoms with Crippen LogP contribution in [0.1, 0.15) is 43.7 Å². The molecule has 0 radical (unpaired) electrons. The highest BCUT2D eigenvalue weighted by molar-refractivity contribution is 8.00. The lowest BCUT2D eigenvalue weighted by Gasteiger charge is -2.04. The van der Waals surface area contributed by atoms with E-state index in [2.05, 4.69) is 25.9 Å². The Hall–Kier alpha value is -2.36. The van der Waals surface area contributed by atoms with Crippen LogP contribution in [-0.2, 0) is 16.0 Å². The fraction of sp³-hybridized carbons (Fsp3) is 0.562. The highest BCUT2D eigenvalue weighted by Crippen LogP contribution is 2.10. The maximum Gasteiger partial charge on any atom is 0.235 e. The van der Waals surface area contributed by atoms with Crippen molar-refractivity contribution >= 4 is 29.4 Å². The molecule has 2 N–H and O–H groups in total. The molecule has 0 saturated heterocycles. The summed E-state index contributed by atoms with van der Waals surface area (Å²) in [5.74, 6) is 2.53. The minimum atomic E-state index is -0.228. The normalized spacial score (nSPS) is 10.9. The third kappa shape index (κ3) is 6.87. The number of carbonyl (C=O) groups is 2. The molecule has 10 heteroatoms. The van der Waals surface area contributed by atoms with Crippen molar-refractivity contribution in [1.29, 1.82) is 0 Å². The van der Waals surface area contributed by atoms with Gasteiger partial charge in [-0.05, 0) is 13.3 Å². The van der Waals surface area contributed by atoms with Crippen molar-refractivity contribution in [2.24, 2.45) is 0 Å². The van der Waals surface area contributed by atoms with Crippen molar-refractivity contribution < 1.29 is 18.6 Å². The van der Waals surface area contributed by atoms with E-state index in [0.717, 1.165) is 0 Å². The Kier molecular flexibility index (Phi) is 7.64. The van der Waals surface area contributed by atoms with E-state index in [1.165, 1.54) is 11.8 Å². The van der Waals surface area contributed by atoms with Crippen LogP contribution in [0.15, 0.2) is 15.1 Å². The Balaban J connectivity index is 1.53. The van der Waals surface area contributed by atoms with E-state index in [1.54, 1.807) is 13.0 Å². The topological polar surface area (TPSA) is 123 Å². The van der Waals surface area contributed by atoms with Crippen LogP contribution in [0.4, 0.5) is 5.82 Å². The number of anilines is 1. The van der Waals surface area contributed by atoms with Crippen molar-refractivity contribution in [3.05, 3.63) is 23.5 Å². The predicted molar refractivity (Wildman–Crippen MR) is 96.9 cm³/mol. The van der Waals surface area contributed by atoms with Gasteiger partial charge in [-0.3, -0.25) is 9.59 Å². The number of rotatable bonds is 10. The van der Waals surface area contributed by atoms with Gasteiger partial charge in [-0.25, -0.2) is 0 Å². The minimum absolute atomic E-state index is 0.117. The summed E-state index contributed by atoms with van der Waals surface area (Å²) < 4.78 is 10.00. The number of amides is 2. The molecule has 0 spiro atoms. The number of aromatic nitrogens is 3. The molecule has 0 fully saturated rings. The smallest absolute Gasteiger partial charge is 0.235 e. The summed E-state index contributed by atoms with van der Waals surface area (Å²) >= 11 is 1.23. The lowest BCUT2D eigenvalue weighted by molar-refractivity contribution is -0.118. The van der Waals surface area contributed by atoms with Gasteiger partial charge in [-0.15, -0.1) is 11.8 Å². The summed E-state index contributed by atoms with van der Waals surface area (Å²) in [7, 11) is 0. The van der Waals surface area contributed by atoms with Crippen LogP contribution in [0.25, 0.3) is 0 Å². The van der Waals surface area contributed by atoms with Crippen molar-refractivity contribution in [2.75, 3.05) is 23.4 Å². The van der Waals surface area contributed by atoms with Gasteiger partial charge < -0.3 is 19.7 Å². The van der Waals surface area contributed by atoms with E-state index in [-0.39, 0.29) is 29.2 Å². The molecule has 0 unspecified atom stereocenters. The van der Waals surface area contributed by atoms with E-state index >= 15 is 0 Å². The standard InChI is InChI=1S/C16H23N5O4S/c1-10(2)16-19-15(25-21-16)5-4-6-17-13(22)8-26-9-14(23)18-12-7-11(3)24-20-12/h7,10H,4-6,8-9H2,1-3H3,(H,17,22)(H,18,20,23). The molecule has 0 aliphatic rings. The lowest BCUT2D eigenvalue weighted by Crippen LogP contribution is -2.27. The molecule has 26 heavy (non-hydrogen) atoms. The zero-order valence-corrected chi connectivity index (χ0v) is 15.9. The zero-order valence-electron chi connectivity index (χ0n) is 15.1. The average molecular weight is 381 g/mol. The molecule has 0 saturated carbocycles. The molecular weight excluding hydrogens is 358 g/mol. The van der Waals surface area contributed by atoms with E-state index in [0.29, 0.717) is 42.7 Å². The quantitative estimate of drug-likeness (QED) is 0.598. The second-order valence-corrected chi connectivity index (χ2v) is 7.00. The van der Waals surface area contributed by atoms with Crippen LogP contribution in [-0.4, -0.2) is 45.2 Å². The van der Waals surface area contributed by atoms with Gasteiger partial charge in [0.1, 0.15) is 5.76 Å². The number of thioether (sulfide) groups is 1. The Morgan fingerprint density at radius 1 is 1.19 bits per heavy atom. The number of carbonyl (C=O) groups excluding carboxylic acids is 2. The van der Waals surface area contributed by atoms with Crippen molar-refractivity contribution in [3.63, 3.8) is 0 Å². The second-order valence-electron chi connectivity index (χ2n) is 6.02. The Labute approximate surface area is 155 Å². The van der Waals surface area contributed by atoms with Crippen LogP contribution in [0.3, 0.4) is 0 Å². The zero-order chi connectivity index (χ0) is 18.9. The first-order chi connectivity index (χ1) is 12.4. The fourth-order valence-electron chi connectivity index (χ4n) is 1.96. The van der Waals surface area contributed by atoms with E-state index in [9.17, 15) is 9.59 Å².